The van der Waals surface area contributed by atoms with E-state index in [1.807, 2.05) is 13.1 Å². The molecule has 5 nitrogen and oxygen atoms in total. The third-order valence-corrected chi connectivity index (χ3v) is 3.13. The zero-order chi connectivity index (χ0) is 15.5. The fraction of sp³-hybridized carbons (Fsp3) is 0.500. The van der Waals surface area contributed by atoms with Crippen molar-refractivity contribution in [2.24, 2.45) is 0 Å². The zero-order valence-corrected chi connectivity index (χ0v) is 12.8. The van der Waals surface area contributed by atoms with Gasteiger partial charge in [0.1, 0.15) is 0 Å². The predicted molar refractivity (Wildman–Crippen MR) is 83.0 cm³/mol. The number of hydrogen-bond acceptors (Lipinski definition) is 4. The van der Waals surface area contributed by atoms with E-state index in [0.717, 1.165) is 38.2 Å². The molecule has 0 heterocycles. The van der Waals surface area contributed by atoms with Crippen LogP contribution in [0.15, 0.2) is 24.3 Å². The molecule has 0 saturated carbocycles. The number of nitrogens with one attached hydrogen (secondary N) is 1. The molecular formula is C16H23N3O2. The van der Waals surface area contributed by atoms with Crippen molar-refractivity contribution in [3.63, 3.8) is 0 Å². The Labute approximate surface area is 126 Å². The van der Waals surface area contributed by atoms with Crippen LogP contribution in [-0.4, -0.2) is 44.7 Å². The van der Waals surface area contributed by atoms with Gasteiger partial charge in [0.15, 0.2) is 0 Å². The van der Waals surface area contributed by atoms with E-state index < -0.39 is 0 Å². The quantitative estimate of drug-likeness (QED) is 0.708. The summed E-state index contributed by atoms with van der Waals surface area (Å²) in [6, 6.07) is 8.92. The Balaban J connectivity index is 2.20. The Morgan fingerprint density at radius 2 is 1.95 bits per heavy atom. The van der Waals surface area contributed by atoms with Crippen molar-refractivity contribution in [2.75, 3.05) is 39.2 Å². The van der Waals surface area contributed by atoms with E-state index in [-0.39, 0.29) is 5.91 Å². The summed E-state index contributed by atoms with van der Waals surface area (Å²) >= 11 is 0. The van der Waals surface area contributed by atoms with Gasteiger partial charge in [0.25, 0.3) is 0 Å². The first-order chi connectivity index (χ1) is 10.2. The number of ether oxygens (including phenoxy) is 1. The van der Waals surface area contributed by atoms with Gasteiger partial charge >= 0.3 is 0 Å². The van der Waals surface area contributed by atoms with Crippen molar-refractivity contribution < 1.29 is 9.53 Å². The molecule has 114 valence electrons. The van der Waals surface area contributed by atoms with Crippen LogP contribution in [-0.2, 0) is 9.53 Å². The van der Waals surface area contributed by atoms with Crippen molar-refractivity contribution in [3.05, 3.63) is 29.8 Å². The molecule has 5 heteroatoms. The Kier molecular flexibility index (Phi) is 8.10. The van der Waals surface area contributed by atoms with Crippen LogP contribution in [0.5, 0.6) is 0 Å². The van der Waals surface area contributed by atoms with Gasteiger partial charge in [-0.3, -0.25) is 4.79 Å². The van der Waals surface area contributed by atoms with Gasteiger partial charge in [-0.1, -0.05) is 0 Å². The lowest BCUT2D eigenvalue weighted by molar-refractivity contribution is -0.116. The lowest BCUT2D eigenvalue weighted by atomic mass is 10.2. The van der Waals surface area contributed by atoms with E-state index in [0.29, 0.717) is 12.0 Å². The standard InChI is InChI=1S/C16H23N3O2/c1-19(11-4-12-21-2)10-3-5-16(20)18-15-8-6-14(13-17)7-9-15/h6-9H,3-5,10-12H2,1-2H3,(H,18,20). The van der Waals surface area contributed by atoms with Gasteiger partial charge in [0, 0.05) is 32.4 Å². The molecule has 0 spiro atoms. The number of nitriles is 1. The summed E-state index contributed by atoms with van der Waals surface area (Å²) in [6.07, 6.45) is 2.32. The average Bonchev–Trinajstić information content (AvgIpc) is 2.48. The maximum absolute atomic E-state index is 11.8. The molecule has 1 N–H and O–H groups in total. The highest BCUT2D eigenvalue weighted by Crippen LogP contribution is 2.09. The third-order valence-electron chi connectivity index (χ3n) is 3.13. The van der Waals surface area contributed by atoms with Gasteiger partial charge in [-0.05, 0) is 50.7 Å². The van der Waals surface area contributed by atoms with Crippen LogP contribution in [0.1, 0.15) is 24.8 Å². The number of nitrogens with zero attached hydrogens (tertiary/aromatic N) is 2. The monoisotopic (exact) mass is 289 g/mol. The zero-order valence-electron chi connectivity index (χ0n) is 12.8. The fourth-order valence-corrected chi connectivity index (χ4v) is 1.95. The third kappa shape index (κ3) is 7.45. The van der Waals surface area contributed by atoms with Crippen molar-refractivity contribution in [1.29, 1.82) is 5.26 Å². The second kappa shape index (κ2) is 9.92. The SMILES string of the molecule is COCCCN(C)CCCC(=O)Nc1ccc(C#N)cc1. The van der Waals surface area contributed by atoms with Gasteiger partial charge in [0.05, 0.1) is 11.6 Å². The van der Waals surface area contributed by atoms with Crippen LogP contribution in [0.4, 0.5) is 5.69 Å². The number of amides is 1. The molecule has 0 atom stereocenters. The van der Waals surface area contributed by atoms with Crippen LogP contribution >= 0.6 is 0 Å². The summed E-state index contributed by atoms with van der Waals surface area (Å²) in [5, 5.41) is 11.5. The summed E-state index contributed by atoms with van der Waals surface area (Å²) in [6.45, 7) is 2.64. The van der Waals surface area contributed by atoms with Crippen LogP contribution < -0.4 is 5.32 Å². The summed E-state index contributed by atoms with van der Waals surface area (Å²) in [5.41, 5.74) is 1.32. The van der Waals surface area contributed by atoms with Gasteiger partial charge in [-0.2, -0.15) is 5.26 Å². The average molecular weight is 289 g/mol. The second-order valence-corrected chi connectivity index (χ2v) is 4.99. The number of benzene rings is 1. The van der Waals surface area contributed by atoms with Gasteiger partial charge in [0.2, 0.25) is 5.91 Å². The van der Waals surface area contributed by atoms with Crippen molar-refractivity contribution in [1.82, 2.24) is 4.90 Å². The van der Waals surface area contributed by atoms with Crippen molar-refractivity contribution in [2.45, 2.75) is 19.3 Å². The first-order valence-corrected chi connectivity index (χ1v) is 7.13. The molecular weight excluding hydrogens is 266 g/mol. The highest BCUT2D eigenvalue weighted by atomic mass is 16.5. The molecule has 0 bridgehead atoms. The second-order valence-electron chi connectivity index (χ2n) is 4.99. The molecule has 0 unspecified atom stereocenters. The first kappa shape index (κ1) is 17.2. The topological polar surface area (TPSA) is 65.4 Å². The van der Waals surface area contributed by atoms with Crippen LogP contribution in [0.2, 0.25) is 0 Å². The van der Waals surface area contributed by atoms with Gasteiger partial charge in [-0.25, -0.2) is 0 Å². The molecule has 0 aliphatic carbocycles. The van der Waals surface area contributed by atoms with E-state index >= 15 is 0 Å². The normalized spacial score (nSPS) is 10.4. The van der Waals surface area contributed by atoms with Crippen molar-refractivity contribution >= 4 is 11.6 Å². The molecule has 1 aromatic rings. The van der Waals surface area contributed by atoms with E-state index in [9.17, 15) is 4.79 Å². The molecule has 0 aliphatic heterocycles. The van der Waals surface area contributed by atoms with Crippen LogP contribution in [0, 0.1) is 11.3 Å². The molecule has 21 heavy (non-hydrogen) atoms. The Hall–Kier alpha value is -1.90. The molecule has 1 amide bonds. The Bertz CT molecular complexity index is 465. The molecule has 0 saturated heterocycles. The van der Waals surface area contributed by atoms with Crippen LogP contribution in [0.25, 0.3) is 0 Å². The summed E-state index contributed by atoms with van der Waals surface area (Å²) in [7, 11) is 3.75. The minimum atomic E-state index is 0.00463. The highest BCUT2D eigenvalue weighted by molar-refractivity contribution is 5.90. The number of rotatable bonds is 9. The molecule has 1 rings (SSSR count). The fourth-order valence-electron chi connectivity index (χ4n) is 1.95. The largest absolute Gasteiger partial charge is 0.385 e. The number of carbonyl (C=O) groups excluding carboxylic acids is 1. The molecule has 0 fully saturated rings. The van der Waals surface area contributed by atoms with E-state index in [2.05, 4.69) is 10.2 Å². The van der Waals surface area contributed by atoms with Gasteiger partial charge in [-0.15, -0.1) is 0 Å². The minimum Gasteiger partial charge on any atom is -0.385 e. The number of methoxy groups -OCH3 is 1. The minimum absolute atomic E-state index is 0.00463. The Morgan fingerprint density at radius 3 is 2.57 bits per heavy atom. The number of hydrogen-bond donors (Lipinski definition) is 1. The Morgan fingerprint density at radius 1 is 1.29 bits per heavy atom. The van der Waals surface area contributed by atoms with Gasteiger partial charge < -0.3 is 15.0 Å². The summed E-state index contributed by atoms with van der Waals surface area (Å²) < 4.78 is 5.01. The lowest BCUT2D eigenvalue weighted by Gasteiger charge is -2.15. The smallest absolute Gasteiger partial charge is 0.224 e. The lowest BCUT2D eigenvalue weighted by Crippen LogP contribution is -2.23. The molecule has 0 radical (unpaired) electrons. The van der Waals surface area contributed by atoms with E-state index in [1.54, 1.807) is 31.4 Å². The highest BCUT2D eigenvalue weighted by Gasteiger charge is 2.04. The summed E-state index contributed by atoms with van der Waals surface area (Å²) in [4.78, 5) is 14.0. The van der Waals surface area contributed by atoms with Crippen molar-refractivity contribution in [3.8, 4) is 6.07 Å². The number of carbonyl (C=O) groups is 1. The molecule has 0 aliphatic rings. The van der Waals surface area contributed by atoms with Crippen LogP contribution in [0.3, 0.4) is 0 Å². The molecule has 0 aromatic heterocycles. The first-order valence-electron chi connectivity index (χ1n) is 7.13. The maximum Gasteiger partial charge on any atom is 0.224 e. The molecule has 1 aromatic carbocycles. The maximum atomic E-state index is 11.8. The summed E-state index contributed by atoms with van der Waals surface area (Å²) in [5.74, 6) is 0.00463. The van der Waals surface area contributed by atoms with E-state index in [1.165, 1.54) is 0 Å². The number of anilines is 1. The predicted octanol–water partition coefficient (Wildman–Crippen LogP) is 2.25. The van der Waals surface area contributed by atoms with E-state index in [4.69, 9.17) is 10.00 Å².